The van der Waals surface area contributed by atoms with E-state index < -0.39 is 28.4 Å². The highest BCUT2D eigenvalue weighted by Crippen LogP contribution is 2.38. The van der Waals surface area contributed by atoms with Crippen molar-refractivity contribution in [2.75, 3.05) is 0 Å². The Labute approximate surface area is 105 Å². The Morgan fingerprint density at radius 3 is 2.37 bits per heavy atom. The molecule has 0 bridgehead atoms. The zero-order valence-electron chi connectivity index (χ0n) is 9.52. The van der Waals surface area contributed by atoms with Gasteiger partial charge in [-0.25, -0.2) is 0 Å². The van der Waals surface area contributed by atoms with Crippen LogP contribution in [0.25, 0.3) is 10.8 Å². The number of nitro groups is 1. The summed E-state index contributed by atoms with van der Waals surface area (Å²) in [7, 11) is 0. The van der Waals surface area contributed by atoms with Gasteiger partial charge in [0, 0.05) is 0 Å². The maximum absolute atomic E-state index is 12.6. The van der Waals surface area contributed by atoms with Gasteiger partial charge in [-0.05, 0) is 17.5 Å². The quantitative estimate of drug-likeness (QED) is 0.672. The fourth-order valence-corrected chi connectivity index (χ4v) is 1.90. The average Bonchev–Trinajstić information content (AvgIpc) is 2.35. The van der Waals surface area contributed by atoms with Crippen LogP contribution in [0.3, 0.4) is 0 Å². The third-order valence-electron chi connectivity index (χ3n) is 2.80. The number of alkyl halides is 3. The Morgan fingerprint density at radius 1 is 1.16 bits per heavy atom. The lowest BCUT2D eigenvalue weighted by Crippen LogP contribution is -2.29. The number of halogens is 3. The Kier molecular flexibility index (Phi) is 3.15. The highest BCUT2D eigenvalue weighted by Gasteiger charge is 2.41. The highest BCUT2D eigenvalue weighted by molar-refractivity contribution is 5.92. The topological polar surface area (TPSA) is 69.2 Å². The molecule has 2 N–H and O–H groups in total. The van der Waals surface area contributed by atoms with Crippen molar-refractivity contribution < 1.29 is 18.1 Å². The van der Waals surface area contributed by atoms with E-state index in [1.165, 1.54) is 18.2 Å². The Hall–Kier alpha value is -2.15. The predicted molar refractivity (Wildman–Crippen MR) is 63.6 cm³/mol. The molecule has 0 radical (unpaired) electrons. The summed E-state index contributed by atoms with van der Waals surface area (Å²) in [5, 5.41) is 11.7. The van der Waals surface area contributed by atoms with Gasteiger partial charge in [-0.15, -0.1) is 0 Å². The van der Waals surface area contributed by atoms with Gasteiger partial charge in [0.25, 0.3) is 5.69 Å². The fraction of sp³-hybridized carbons (Fsp3) is 0.167. The van der Waals surface area contributed by atoms with Gasteiger partial charge in [0.15, 0.2) is 0 Å². The molecule has 4 nitrogen and oxygen atoms in total. The van der Waals surface area contributed by atoms with Crippen LogP contribution >= 0.6 is 0 Å². The van der Waals surface area contributed by atoms with Crippen LogP contribution in [0.4, 0.5) is 18.9 Å². The van der Waals surface area contributed by atoms with Gasteiger partial charge in [0.1, 0.15) is 6.04 Å². The molecule has 0 unspecified atom stereocenters. The van der Waals surface area contributed by atoms with Gasteiger partial charge in [-0.2, -0.15) is 13.2 Å². The van der Waals surface area contributed by atoms with Crippen LogP contribution in [-0.4, -0.2) is 11.1 Å². The van der Waals surface area contributed by atoms with Crippen molar-refractivity contribution in [3.63, 3.8) is 0 Å². The van der Waals surface area contributed by atoms with Crippen molar-refractivity contribution in [2.24, 2.45) is 5.73 Å². The predicted octanol–water partition coefficient (Wildman–Crippen LogP) is 3.31. The van der Waals surface area contributed by atoms with Crippen LogP contribution < -0.4 is 5.73 Å². The van der Waals surface area contributed by atoms with E-state index in [1.54, 1.807) is 12.1 Å². The molecule has 1 atom stereocenters. The second kappa shape index (κ2) is 4.51. The number of rotatable bonds is 2. The van der Waals surface area contributed by atoms with Crippen LogP contribution in [0.2, 0.25) is 0 Å². The molecular weight excluding hydrogens is 261 g/mol. The molecule has 0 amide bonds. The molecule has 0 heterocycles. The molecule has 0 saturated heterocycles. The van der Waals surface area contributed by atoms with E-state index in [2.05, 4.69) is 0 Å². The summed E-state index contributed by atoms with van der Waals surface area (Å²) in [5.74, 6) is 0. The summed E-state index contributed by atoms with van der Waals surface area (Å²) in [6.07, 6.45) is -4.73. The number of fused-ring (bicyclic) bond motifs is 1. The first kappa shape index (κ1) is 13.3. The molecule has 0 fully saturated rings. The van der Waals surface area contributed by atoms with Crippen LogP contribution in [0.5, 0.6) is 0 Å². The van der Waals surface area contributed by atoms with Gasteiger partial charge >= 0.3 is 6.18 Å². The molecule has 0 aliphatic rings. The van der Waals surface area contributed by atoms with Gasteiger partial charge in [-0.1, -0.05) is 24.3 Å². The van der Waals surface area contributed by atoms with Gasteiger partial charge in [-0.3, -0.25) is 10.1 Å². The van der Waals surface area contributed by atoms with E-state index in [0.717, 1.165) is 6.07 Å². The lowest BCUT2D eigenvalue weighted by Gasteiger charge is -2.16. The molecule has 2 rings (SSSR count). The van der Waals surface area contributed by atoms with Crippen LogP contribution in [0.1, 0.15) is 11.6 Å². The van der Waals surface area contributed by atoms with E-state index >= 15 is 0 Å². The maximum atomic E-state index is 12.6. The fourth-order valence-electron chi connectivity index (χ4n) is 1.90. The first-order valence-electron chi connectivity index (χ1n) is 5.30. The number of hydrogen-bond donors (Lipinski definition) is 1. The first-order chi connectivity index (χ1) is 8.82. The molecule has 2 aromatic carbocycles. The monoisotopic (exact) mass is 270 g/mol. The number of nitro benzene ring substituents is 1. The Bertz CT molecular complexity index is 640. The third kappa shape index (κ3) is 2.37. The molecule has 19 heavy (non-hydrogen) atoms. The van der Waals surface area contributed by atoms with Crippen LogP contribution in [-0.2, 0) is 0 Å². The number of nitrogens with two attached hydrogens (primary N) is 1. The van der Waals surface area contributed by atoms with Crippen molar-refractivity contribution in [3.05, 3.63) is 52.1 Å². The van der Waals surface area contributed by atoms with Crippen molar-refractivity contribution in [3.8, 4) is 0 Å². The molecule has 0 aliphatic carbocycles. The molecule has 0 spiro atoms. The van der Waals surface area contributed by atoms with E-state index in [1.807, 2.05) is 0 Å². The summed E-state index contributed by atoms with van der Waals surface area (Å²) >= 11 is 0. The van der Waals surface area contributed by atoms with Gasteiger partial charge < -0.3 is 5.73 Å². The van der Waals surface area contributed by atoms with Gasteiger partial charge in [0.05, 0.1) is 15.9 Å². The standard InChI is InChI=1S/C12H9F3N2O2/c13-12(14,15)11(16)9-6-5-7-3-1-2-4-8(7)10(9)17(18)19/h1-6,11H,16H2/t11-/m0/s1. The zero-order chi connectivity index (χ0) is 14.2. The van der Waals surface area contributed by atoms with Crippen molar-refractivity contribution in [1.82, 2.24) is 0 Å². The molecular formula is C12H9F3N2O2. The van der Waals surface area contributed by atoms with E-state index in [-0.39, 0.29) is 5.39 Å². The zero-order valence-corrected chi connectivity index (χ0v) is 9.52. The van der Waals surface area contributed by atoms with Crippen molar-refractivity contribution in [1.29, 1.82) is 0 Å². The molecule has 100 valence electrons. The molecule has 2 aromatic rings. The van der Waals surface area contributed by atoms with E-state index in [0.29, 0.717) is 5.39 Å². The van der Waals surface area contributed by atoms with E-state index in [9.17, 15) is 23.3 Å². The summed E-state index contributed by atoms with van der Waals surface area (Å²) in [4.78, 5) is 10.2. The molecule has 0 aromatic heterocycles. The molecule has 0 saturated carbocycles. The minimum absolute atomic E-state index is 0.143. The highest BCUT2D eigenvalue weighted by atomic mass is 19.4. The second-order valence-corrected chi connectivity index (χ2v) is 4.00. The largest absolute Gasteiger partial charge is 0.407 e. The lowest BCUT2D eigenvalue weighted by atomic mass is 9.99. The molecule has 0 aliphatic heterocycles. The van der Waals surface area contributed by atoms with Crippen LogP contribution in [0.15, 0.2) is 36.4 Å². The average molecular weight is 270 g/mol. The molecule has 7 heteroatoms. The Balaban J connectivity index is 2.75. The van der Waals surface area contributed by atoms with Gasteiger partial charge in [0.2, 0.25) is 0 Å². The number of benzene rings is 2. The van der Waals surface area contributed by atoms with Crippen molar-refractivity contribution in [2.45, 2.75) is 12.2 Å². The summed E-state index contributed by atoms with van der Waals surface area (Å²) in [5.41, 5.74) is 3.95. The SMILES string of the molecule is N[C@@H](c1ccc2ccccc2c1[N+](=O)[O-])C(F)(F)F. The minimum Gasteiger partial charge on any atom is -0.316 e. The first-order valence-corrected chi connectivity index (χ1v) is 5.30. The number of nitrogens with zero attached hydrogens (tertiary/aromatic N) is 1. The number of hydrogen-bond acceptors (Lipinski definition) is 3. The maximum Gasteiger partial charge on any atom is 0.407 e. The summed E-state index contributed by atoms with van der Waals surface area (Å²) < 4.78 is 37.9. The second-order valence-electron chi connectivity index (χ2n) is 4.00. The lowest BCUT2D eigenvalue weighted by molar-refractivity contribution is -0.384. The summed E-state index contributed by atoms with van der Waals surface area (Å²) in [6.45, 7) is 0. The smallest absolute Gasteiger partial charge is 0.316 e. The van der Waals surface area contributed by atoms with Crippen molar-refractivity contribution >= 4 is 16.5 Å². The summed E-state index contributed by atoms with van der Waals surface area (Å²) in [6, 6.07) is 6.23. The van der Waals surface area contributed by atoms with Crippen LogP contribution in [0, 0.1) is 10.1 Å². The normalized spacial score (nSPS) is 13.5. The Morgan fingerprint density at radius 2 is 1.79 bits per heavy atom. The van der Waals surface area contributed by atoms with E-state index in [4.69, 9.17) is 5.73 Å². The minimum atomic E-state index is -4.73. The third-order valence-corrected chi connectivity index (χ3v) is 2.80.